The van der Waals surface area contributed by atoms with Crippen LogP contribution in [0.2, 0.25) is 0 Å². The number of carbonyl (C=O) groups is 1. The van der Waals surface area contributed by atoms with Crippen molar-refractivity contribution in [3.05, 3.63) is 0 Å². The molecule has 4 heteroatoms. The highest BCUT2D eigenvalue weighted by atomic mass is 79.9. The van der Waals surface area contributed by atoms with Gasteiger partial charge < -0.3 is 5.32 Å². The summed E-state index contributed by atoms with van der Waals surface area (Å²) in [4.78, 5) is 11.9. The van der Waals surface area contributed by atoms with Gasteiger partial charge in [-0.25, -0.2) is 0 Å². The molecule has 0 aromatic rings. The van der Waals surface area contributed by atoms with E-state index in [0.717, 1.165) is 12.2 Å². The molecule has 1 amide bonds. The van der Waals surface area contributed by atoms with Gasteiger partial charge in [-0.2, -0.15) is 11.8 Å². The monoisotopic (exact) mass is 307 g/mol. The van der Waals surface area contributed by atoms with E-state index in [1.165, 1.54) is 12.8 Å². The number of nitrogens with one attached hydrogen (secondary N) is 1. The van der Waals surface area contributed by atoms with Crippen LogP contribution in [0.15, 0.2) is 0 Å². The molecule has 0 aliphatic heterocycles. The minimum absolute atomic E-state index is 0.0552. The average molecular weight is 308 g/mol. The quantitative estimate of drug-likeness (QED) is 0.790. The first-order valence-electron chi connectivity index (χ1n) is 6.12. The molecule has 16 heavy (non-hydrogen) atoms. The highest BCUT2D eigenvalue weighted by Gasteiger charge is 2.30. The summed E-state index contributed by atoms with van der Waals surface area (Å²) in [5, 5.41) is 3.81. The van der Waals surface area contributed by atoms with Crippen LogP contribution in [0, 0.1) is 5.92 Å². The zero-order chi connectivity index (χ0) is 12.1. The van der Waals surface area contributed by atoms with Gasteiger partial charge in [0.1, 0.15) is 0 Å². The third kappa shape index (κ3) is 3.95. The van der Waals surface area contributed by atoms with Crippen molar-refractivity contribution in [3.63, 3.8) is 0 Å². The first-order chi connectivity index (χ1) is 7.56. The number of carbonyl (C=O) groups excluding carboxylic acids is 1. The Labute approximate surface area is 111 Å². The van der Waals surface area contributed by atoms with E-state index < -0.39 is 0 Å². The second-order valence-corrected chi connectivity index (χ2v) is 7.19. The lowest BCUT2D eigenvalue weighted by Gasteiger charge is -2.22. The van der Waals surface area contributed by atoms with Gasteiger partial charge in [-0.3, -0.25) is 4.79 Å². The first kappa shape index (κ1) is 14.4. The first-order valence-corrected chi connectivity index (χ1v) is 8.08. The fourth-order valence-corrected chi connectivity index (χ4v) is 3.40. The summed E-state index contributed by atoms with van der Waals surface area (Å²) in [6.45, 7) is 6.31. The number of hydrogen-bond acceptors (Lipinski definition) is 2. The van der Waals surface area contributed by atoms with E-state index in [1.807, 2.05) is 11.8 Å². The van der Waals surface area contributed by atoms with Crippen LogP contribution in [-0.2, 0) is 4.79 Å². The number of thioether (sulfide) groups is 1. The average Bonchev–Trinajstić information content (AvgIpc) is 2.65. The summed E-state index contributed by atoms with van der Waals surface area (Å²) in [6, 6.07) is 0.385. The van der Waals surface area contributed by atoms with E-state index in [-0.39, 0.29) is 10.7 Å². The largest absolute Gasteiger partial charge is 0.351 e. The zero-order valence-corrected chi connectivity index (χ0v) is 12.7. The molecule has 2 nitrogen and oxygen atoms in total. The lowest BCUT2D eigenvalue weighted by atomic mass is 10.1. The van der Waals surface area contributed by atoms with Crippen molar-refractivity contribution in [2.24, 2.45) is 5.92 Å². The Balaban J connectivity index is 2.43. The molecule has 1 saturated carbocycles. The lowest BCUT2D eigenvalue weighted by Crippen LogP contribution is -2.43. The van der Waals surface area contributed by atoms with Gasteiger partial charge in [0.05, 0.1) is 4.83 Å². The molecule has 0 bridgehead atoms. The highest BCUT2D eigenvalue weighted by molar-refractivity contribution is 9.10. The van der Waals surface area contributed by atoms with Crippen molar-refractivity contribution in [3.8, 4) is 0 Å². The van der Waals surface area contributed by atoms with E-state index in [9.17, 15) is 4.79 Å². The third-order valence-corrected chi connectivity index (χ3v) is 5.80. The smallest absolute Gasteiger partial charge is 0.234 e. The topological polar surface area (TPSA) is 29.1 Å². The van der Waals surface area contributed by atoms with Gasteiger partial charge in [0.2, 0.25) is 5.91 Å². The second-order valence-electron chi connectivity index (χ2n) is 4.69. The molecule has 1 aliphatic rings. The molecular weight excluding hydrogens is 286 g/mol. The normalized spacial score (nSPS) is 27.1. The third-order valence-electron chi connectivity index (χ3n) is 3.00. The highest BCUT2D eigenvalue weighted by Crippen LogP contribution is 2.30. The Hall–Kier alpha value is 0.300. The number of rotatable bonds is 5. The molecular formula is C12H22BrNOS. The van der Waals surface area contributed by atoms with Gasteiger partial charge >= 0.3 is 0 Å². The standard InChI is InChI=1S/C12H22BrNOS/c1-4-16-10-7-5-6-9(10)14-12(15)11(13)8(2)3/h8-11H,4-7H2,1-3H3,(H,14,15). The Kier molecular flexibility index (Phi) is 6.19. The Morgan fingerprint density at radius 3 is 2.75 bits per heavy atom. The molecule has 1 aliphatic carbocycles. The molecule has 0 aromatic carbocycles. The van der Waals surface area contributed by atoms with E-state index in [0.29, 0.717) is 17.2 Å². The maximum Gasteiger partial charge on any atom is 0.234 e. The second kappa shape index (κ2) is 6.90. The molecule has 0 aromatic heterocycles. The zero-order valence-electron chi connectivity index (χ0n) is 10.3. The molecule has 1 rings (SSSR count). The molecule has 0 radical (unpaired) electrons. The van der Waals surface area contributed by atoms with Gasteiger partial charge in [-0.15, -0.1) is 0 Å². The van der Waals surface area contributed by atoms with Crippen molar-refractivity contribution >= 4 is 33.6 Å². The summed E-state index contributed by atoms with van der Waals surface area (Å²) in [5.74, 6) is 1.64. The number of halogens is 1. The van der Waals surface area contributed by atoms with Crippen molar-refractivity contribution in [1.82, 2.24) is 5.32 Å². The Morgan fingerprint density at radius 2 is 2.19 bits per heavy atom. The van der Waals surface area contributed by atoms with Crippen LogP contribution in [0.25, 0.3) is 0 Å². The summed E-state index contributed by atoms with van der Waals surface area (Å²) in [7, 11) is 0. The molecule has 3 unspecified atom stereocenters. The lowest BCUT2D eigenvalue weighted by molar-refractivity contribution is -0.121. The van der Waals surface area contributed by atoms with E-state index >= 15 is 0 Å². The van der Waals surface area contributed by atoms with Crippen LogP contribution in [0.1, 0.15) is 40.0 Å². The van der Waals surface area contributed by atoms with Crippen molar-refractivity contribution < 1.29 is 4.79 Å². The van der Waals surface area contributed by atoms with E-state index in [4.69, 9.17) is 0 Å². The minimum atomic E-state index is -0.0552. The van der Waals surface area contributed by atoms with Crippen LogP contribution >= 0.6 is 27.7 Å². The Morgan fingerprint density at radius 1 is 1.50 bits per heavy atom. The fourth-order valence-electron chi connectivity index (χ4n) is 2.07. The summed E-state index contributed by atoms with van der Waals surface area (Å²) in [6.07, 6.45) is 3.64. The molecule has 1 fully saturated rings. The van der Waals surface area contributed by atoms with Gasteiger partial charge in [0.25, 0.3) is 0 Å². The van der Waals surface area contributed by atoms with E-state index in [1.54, 1.807) is 0 Å². The number of alkyl halides is 1. The molecule has 0 saturated heterocycles. The van der Waals surface area contributed by atoms with Crippen LogP contribution in [0.5, 0.6) is 0 Å². The predicted molar refractivity (Wildman–Crippen MR) is 75.3 cm³/mol. The Bertz CT molecular complexity index is 235. The predicted octanol–water partition coefficient (Wildman–Crippen LogP) is 3.20. The summed E-state index contributed by atoms with van der Waals surface area (Å²) >= 11 is 5.43. The summed E-state index contributed by atoms with van der Waals surface area (Å²) < 4.78 is 0. The maximum absolute atomic E-state index is 11.9. The molecule has 1 N–H and O–H groups in total. The minimum Gasteiger partial charge on any atom is -0.351 e. The molecule has 3 atom stereocenters. The number of amides is 1. The van der Waals surface area contributed by atoms with Gasteiger partial charge in [-0.05, 0) is 24.5 Å². The van der Waals surface area contributed by atoms with Gasteiger partial charge in [0.15, 0.2) is 0 Å². The molecule has 94 valence electrons. The van der Waals surface area contributed by atoms with Crippen molar-refractivity contribution in [2.45, 2.75) is 56.2 Å². The van der Waals surface area contributed by atoms with Crippen LogP contribution < -0.4 is 5.32 Å². The van der Waals surface area contributed by atoms with Gasteiger partial charge in [-0.1, -0.05) is 43.1 Å². The van der Waals surface area contributed by atoms with Gasteiger partial charge in [0, 0.05) is 11.3 Å². The SMILES string of the molecule is CCSC1CCCC1NC(=O)C(Br)C(C)C. The maximum atomic E-state index is 11.9. The van der Waals surface area contributed by atoms with E-state index in [2.05, 4.69) is 42.0 Å². The fraction of sp³-hybridized carbons (Fsp3) is 0.917. The van der Waals surface area contributed by atoms with Crippen molar-refractivity contribution in [1.29, 1.82) is 0 Å². The van der Waals surface area contributed by atoms with Crippen LogP contribution in [-0.4, -0.2) is 27.8 Å². The van der Waals surface area contributed by atoms with Crippen LogP contribution in [0.3, 0.4) is 0 Å². The molecule has 0 spiro atoms. The van der Waals surface area contributed by atoms with Crippen LogP contribution in [0.4, 0.5) is 0 Å². The molecule has 0 heterocycles. The van der Waals surface area contributed by atoms with Crippen molar-refractivity contribution in [2.75, 3.05) is 5.75 Å². The summed E-state index contributed by atoms with van der Waals surface area (Å²) in [5.41, 5.74) is 0. The number of hydrogen-bond donors (Lipinski definition) is 1.